The lowest BCUT2D eigenvalue weighted by molar-refractivity contribution is 0.948. The second-order valence-corrected chi connectivity index (χ2v) is 3.91. The minimum Gasteiger partial charge on any atom is -0.312 e. The van der Waals surface area contributed by atoms with Crippen molar-refractivity contribution in [1.29, 1.82) is 0 Å². The maximum absolute atomic E-state index is 11.5. The van der Waals surface area contributed by atoms with Gasteiger partial charge in [-0.25, -0.2) is 4.79 Å². The number of rotatable bonds is 1. The van der Waals surface area contributed by atoms with E-state index in [2.05, 4.69) is 4.98 Å². The molecule has 2 rings (SSSR count). The number of hydrogen-bond acceptors (Lipinski definition) is 1. The number of benzene rings is 1. The Balaban J connectivity index is 2.65. The average molecular weight is 223 g/mol. The molecule has 2 aromatic rings. The number of aromatic amines is 1. The molecule has 0 atom stereocenters. The Labute approximate surface area is 92.3 Å². The van der Waals surface area contributed by atoms with E-state index in [1.54, 1.807) is 16.8 Å². The van der Waals surface area contributed by atoms with Gasteiger partial charge < -0.3 is 4.98 Å². The summed E-state index contributed by atoms with van der Waals surface area (Å²) in [6.45, 7) is 3.80. The van der Waals surface area contributed by atoms with E-state index in [4.69, 9.17) is 11.6 Å². The highest BCUT2D eigenvalue weighted by Gasteiger charge is 2.05. The number of hydrogen-bond donors (Lipinski definition) is 1. The molecule has 0 aliphatic heterocycles. The van der Waals surface area contributed by atoms with Crippen molar-refractivity contribution in [2.75, 3.05) is 0 Å². The molecule has 0 saturated heterocycles. The zero-order valence-corrected chi connectivity index (χ0v) is 9.30. The van der Waals surface area contributed by atoms with Crippen LogP contribution >= 0.6 is 11.6 Å². The maximum atomic E-state index is 11.5. The van der Waals surface area contributed by atoms with Gasteiger partial charge in [0.2, 0.25) is 0 Å². The Bertz CT molecular complexity index is 554. The van der Waals surface area contributed by atoms with Crippen molar-refractivity contribution in [2.45, 2.75) is 13.8 Å². The van der Waals surface area contributed by atoms with Gasteiger partial charge in [0.25, 0.3) is 0 Å². The molecule has 3 nitrogen and oxygen atoms in total. The lowest BCUT2D eigenvalue weighted by Gasteiger charge is -2.05. The Kier molecular flexibility index (Phi) is 2.40. The fraction of sp³-hybridized carbons (Fsp3) is 0.182. The summed E-state index contributed by atoms with van der Waals surface area (Å²) in [4.78, 5) is 14.1. The standard InChI is InChI=1S/C11H11ClN2O/c1-7-3-4-9(5-10(7)12)14-8(2)6-13-11(14)15/h3-6H,1-2H3,(H,13,15). The van der Waals surface area contributed by atoms with Crippen LogP contribution in [0.5, 0.6) is 0 Å². The van der Waals surface area contributed by atoms with Gasteiger partial charge in [-0.3, -0.25) is 4.57 Å². The van der Waals surface area contributed by atoms with Gasteiger partial charge in [-0.05, 0) is 31.5 Å². The summed E-state index contributed by atoms with van der Waals surface area (Å²) in [5.41, 5.74) is 2.50. The Morgan fingerprint density at radius 1 is 1.33 bits per heavy atom. The number of H-pyrrole nitrogens is 1. The van der Waals surface area contributed by atoms with Gasteiger partial charge in [0.1, 0.15) is 0 Å². The smallest absolute Gasteiger partial charge is 0.312 e. The topological polar surface area (TPSA) is 37.8 Å². The average Bonchev–Trinajstić information content (AvgIpc) is 2.52. The molecule has 15 heavy (non-hydrogen) atoms. The minimum atomic E-state index is -0.146. The third kappa shape index (κ3) is 1.70. The van der Waals surface area contributed by atoms with Crippen LogP contribution in [0.3, 0.4) is 0 Å². The van der Waals surface area contributed by atoms with Crippen LogP contribution in [0.25, 0.3) is 5.69 Å². The van der Waals surface area contributed by atoms with Gasteiger partial charge in [0.05, 0.1) is 5.69 Å². The van der Waals surface area contributed by atoms with Crippen molar-refractivity contribution >= 4 is 11.6 Å². The summed E-state index contributed by atoms with van der Waals surface area (Å²) in [7, 11) is 0. The first-order chi connectivity index (χ1) is 7.09. The molecule has 0 amide bonds. The summed E-state index contributed by atoms with van der Waals surface area (Å²) in [6.07, 6.45) is 1.68. The quantitative estimate of drug-likeness (QED) is 0.791. The third-order valence-electron chi connectivity index (χ3n) is 2.37. The number of nitrogens with one attached hydrogen (secondary N) is 1. The van der Waals surface area contributed by atoms with E-state index >= 15 is 0 Å². The van der Waals surface area contributed by atoms with Crippen molar-refractivity contribution < 1.29 is 0 Å². The largest absolute Gasteiger partial charge is 0.330 e. The summed E-state index contributed by atoms with van der Waals surface area (Å²) in [5.74, 6) is 0. The third-order valence-corrected chi connectivity index (χ3v) is 2.78. The molecule has 78 valence electrons. The molecule has 0 aliphatic carbocycles. The molecule has 4 heteroatoms. The van der Waals surface area contributed by atoms with Crippen LogP contribution in [-0.2, 0) is 0 Å². The Morgan fingerprint density at radius 2 is 2.07 bits per heavy atom. The van der Waals surface area contributed by atoms with Crippen molar-refractivity contribution in [3.8, 4) is 5.69 Å². The second-order valence-electron chi connectivity index (χ2n) is 3.50. The van der Waals surface area contributed by atoms with Gasteiger partial charge in [-0.2, -0.15) is 0 Å². The number of nitrogens with zero attached hydrogens (tertiary/aromatic N) is 1. The lowest BCUT2D eigenvalue weighted by atomic mass is 10.2. The van der Waals surface area contributed by atoms with Crippen LogP contribution < -0.4 is 5.69 Å². The molecule has 1 aromatic heterocycles. The van der Waals surface area contributed by atoms with Crippen molar-refractivity contribution in [1.82, 2.24) is 9.55 Å². The van der Waals surface area contributed by atoms with Gasteiger partial charge >= 0.3 is 5.69 Å². The molecular formula is C11H11ClN2O. The number of aryl methyl sites for hydroxylation is 2. The summed E-state index contributed by atoms with van der Waals surface area (Å²) in [5, 5.41) is 0.667. The van der Waals surface area contributed by atoms with Crippen LogP contribution in [0.1, 0.15) is 11.3 Å². The molecule has 0 spiro atoms. The number of halogens is 1. The van der Waals surface area contributed by atoms with Crippen molar-refractivity contribution in [3.63, 3.8) is 0 Å². The summed E-state index contributed by atoms with van der Waals surface area (Å²) < 4.78 is 1.59. The maximum Gasteiger partial charge on any atom is 0.330 e. The van der Waals surface area contributed by atoms with Gasteiger partial charge in [-0.1, -0.05) is 17.7 Å². The monoisotopic (exact) mass is 222 g/mol. The van der Waals surface area contributed by atoms with Gasteiger partial charge in [0.15, 0.2) is 0 Å². The molecular weight excluding hydrogens is 212 g/mol. The minimum absolute atomic E-state index is 0.146. The van der Waals surface area contributed by atoms with E-state index in [0.717, 1.165) is 16.9 Å². The van der Waals surface area contributed by atoms with E-state index in [-0.39, 0.29) is 5.69 Å². The van der Waals surface area contributed by atoms with Crippen LogP contribution in [0.4, 0.5) is 0 Å². The predicted octanol–water partition coefficient (Wildman–Crippen LogP) is 2.44. The number of aromatic nitrogens is 2. The highest BCUT2D eigenvalue weighted by atomic mass is 35.5. The van der Waals surface area contributed by atoms with Gasteiger partial charge in [0, 0.05) is 16.9 Å². The predicted molar refractivity (Wildman–Crippen MR) is 60.9 cm³/mol. The van der Waals surface area contributed by atoms with Crippen LogP contribution in [0.15, 0.2) is 29.2 Å². The van der Waals surface area contributed by atoms with E-state index in [9.17, 15) is 4.79 Å². The molecule has 1 aromatic carbocycles. The molecule has 0 saturated carbocycles. The van der Waals surface area contributed by atoms with Crippen molar-refractivity contribution in [2.24, 2.45) is 0 Å². The van der Waals surface area contributed by atoms with Crippen LogP contribution in [0.2, 0.25) is 5.02 Å². The summed E-state index contributed by atoms with van der Waals surface area (Å²) >= 11 is 6.01. The number of imidazole rings is 1. The SMILES string of the molecule is Cc1ccc(-n2c(C)c[nH]c2=O)cc1Cl. The van der Waals surface area contributed by atoms with E-state index < -0.39 is 0 Å². The normalized spacial score (nSPS) is 10.6. The lowest BCUT2D eigenvalue weighted by Crippen LogP contribution is -2.15. The highest BCUT2D eigenvalue weighted by Crippen LogP contribution is 2.19. The Hall–Kier alpha value is -1.48. The first-order valence-electron chi connectivity index (χ1n) is 4.63. The molecule has 1 N–H and O–H groups in total. The van der Waals surface area contributed by atoms with Crippen LogP contribution in [0, 0.1) is 13.8 Å². The molecule has 0 bridgehead atoms. The molecule has 0 fully saturated rings. The fourth-order valence-corrected chi connectivity index (χ4v) is 1.67. The summed E-state index contributed by atoms with van der Waals surface area (Å²) in [6, 6.07) is 5.57. The highest BCUT2D eigenvalue weighted by molar-refractivity contribution is 6.31. The Morgan fingerprint density at radius 3 is 2.60 bits per heavy atom. The molecule has 0 aliphatic rings. The first-order valence-corrected chi connectivity index (χ1v) is 5.01. The van der Waals surface area contributed by atoms with E-state index in [1.165, 1.54) is 0 Å². The second kappa shape index (κ2) is 3.59. The van der Waals surface area contributed by atoms with Gasteiger partial charge in [-0.15, -0.1) is 0 Å². The van der Waals surface area contributed by atoms with E-state index in [0.29, 0.717) is 5.02 Å². The fourth-order valence-electron chi connectivity index (χ4n) is 1.50. The zero-order valence-electron chi connectivity index (χ0n) is 8.54. The van der Waals surface area contributed by atoms with E-state index in [1.807, 2.05) is 26.0 Å². The zero-order chi connectivity index (χ0) is 11.0. The molecule has 1 heterocycles. The van der Waals surface area contributed by atoms with Crippen LogP contribution in [-0.4, -0.2) is 9.55 Å². The molecule has 0 radical (unpaired) electrons. The molecule has 0 unspecified atom stereocenters. The van der Waals surface area contributed by atoms with Crippen molar-refractivity contribution in [3.05, 3.63) is 51.2 Å². The first kappa shape index (κ1) is 10.1.